The molecule has 0 spiro atoms. The van der Waals surface area contributed by atoms with Crippen LogP contribution in [0.2, 0.25) is 0 Å². The van der Waals surface area contributed by atoms with Crippen LogP contribution in [0.1, 0.15) is 15.9 Å². The molecular formula is C16H13N3OS. The molecule has 21 heavy (non-hydrogen) atoms. The van der Waals surface area contributed by atoms with E-state index < -0.39 is 0 Å². The normalized spacial score (nSPS) is 10.3. The number of hydrogen-bond donors (Lipinski definition) is 1. The lowest BCUT2D eigenvalue weighted by molar-refractivity contribution is 0.0951. The number of rotatable bonds is 4. The number of aromatic nitrogens is 2. The molecule has 0 aliphatic heterocycles. The molecule has 0 saturated heterocycles. The summed E-state index contributed by atoms with van der Waals surface area (Å²) in [6.45, 7) is 0.496. The average molecular weight is 295 g/mol. The molecule has 0 saturated carbocycles. The second kappa shape index (κ2) is 6.28. The molecule has 104 valence electrons. The van der Waals surface area contributed by atoms with Crippen LogP contribution in [0.5, 0.6) is 0 Å². The van der Waals surface area contributed by atoms with E-state index in [1.54, 1.807) is 29.9 Å². The van der Waals surface area contributed by atoms with E-state index in [0.717, 1.165) is 16.1 Å². The first-order valence-electron chi connectivity index (χ1n) is 6.50. The fourth-order valence-electron chi connectivity index (χ4n) is 1.92. The number of hydrogen-bond acceptors (Lipinski definition) is 4. The minimum atomic E-state index is -0.0856. The smallest absolute Gasteiger partial charge is 0.251 e. The number of nitrogens with one attached hydrogen (secondary N) is 1. The number of nitrogens with zero attached hydrogens (tertiary/aromatic N) is 2. The van der Waals surface area contributed by atoms with Crippen LogP contribution >= 0.6 is 11.3 Å². The third-order valence-electron chi connectivity index (χ3n) is 3.03. The van der Waals surface area contributed by atoms with Gasteiger partial charge in [-0.15, -0.1) is 11.3 Å². The highest BCUT2D eigenvalue weighted by molar-refractivity contribution is 7.13. The Morgan fingerprint density at radius 2 is 1.81 bits per heavy atom. The van der Waals surface area contributed by atoms with Crippen LogP contribution in [0.25, 0.3) is 10.6 Å². The van der Waals surface area contributed by atoms with E-state index in [9.17, 15) is 4.79 Å². The van der Waals surface area contributed by atoms with Crippen molar-refractivity contribution in [2.45, 2.75) is 6.54 Å². The molecule has 2 heterocycles. The number of benzene rings is 1. The lowest BCUT2D eigenvalue weighted by Crippen LogP contribution is -2.22. The third-order valence-corrected chi connectivity index (χ3v) is 3.85. The summed E-state index contributed by atoms with van der Waals surface area (Å²) in [5.41, 5.74) is 2.69. The van der Waals surface area contributed by atoms with E-state index in [0.29, 0.717) is 12.1 Å². The fourth-order valence-corrected chi connectivity index (χ4v) is 2.56. The minimum absolute atomic E-state index is 0.0856. The average Bonchev–Trinajstić information content (AvgIpc) is 3.08. The molecule has 4 nitrogen and oxygen atoms in total. The van der Waals surface area contributed by atoms with Gasteiger partial charge in [0.1, 0.15) is 5.01 Å². The first kappa shape index (κ1) is 13.5. The number of carbonyl (C=O) groups excluding carboxylic acids is 1. The van der Waals surface area contributed by atoms with E-state index >= 15 is 0 Å². The summed E-state index contributed by atoms with van der Waals surface area (Å²) < 4.78 is 0. The van der Waals surface area contributed by atoms with Gasteiger partial charge in [-0.05, 0) is 29.8 Å². The molecule has 0 atom stereocenters. The van der Waals surface area contributed by atoms with Gasteiger partial charge in [0.2, 0.25) is 0 Å². The topological polar surface area (TPSA) is 54.9 Å². The van der Waals surface area contributed by atoms with E-state index in [-0.39, 0.29) is 5.91 Å². The van der Waals surface area contributed by atoms with Crippen molar-refractivity contribution in [2.75, 3.05) is 0 Å². The van der Waals surface area contributed by atoms with Gasteiger partial charge in [0.25, 0.3) is 5.91 Å². The summed E-state index contributed by atoms with van der Waals surface area (Å²) >= 11 is 1.58. The molecule has 0 aliphatic carbocycles. The molecule has 0 radical (unpaired) electrons. The number of pyridine rings is 1. The van der Waals surface area contributed by atoms with Gasteiger partial charge < -0.3 is 5.32 Å². The molecule has 5 heteroatoms. The van der Waals surface area contributed by atoms with Gasteiger partial charge in [0.15, 0.2) is 0 Å². The molecule has 0 unspecified atom stereocenters. The molecular weight excluding hydrogens is 282 g/mol. The second-order valence-electron chi connectivity index (χ2n) is 4.45. The van der Waals surface area contributed by atoms with Crippen molar-refractivity contribution >= 4 is 17.2 Å². The summed E-state index contributed by atoms with van der Waals surface area (Å²) in [6.07, 6.45) is 5.20. The van der Waals surface area contributed by atoms with E-state index in [4.69, 9.17) is 0 Å². The Hall–Kier alpha value is -2.53. The van der Waals surface area contributed by atoms with Crippen molar-refractivity contribution < 1.29 is 4.79 Å². The van der Waals surface area contributed by atoms with Crippen LogP contribution < -0.4 is 5.32 Å². The summed E-state index contributed by atoms with van der Waals surface area (Å²) in [6, 6.07) is 11.2. The Balaban J connectivity index is 1.65. The standard InChI is InChI=1S/C16H13N3OS/c20-15(19-11-12-5-7-17-8-6-12)13-1-3-14(4-2-13)16-18-9-10-21-16/h1-10H,11H2,(H,19,20). The molecule has 1 N–H and O–H groups in total. The molecule has 1 aromatic carbocycles. The summed E-state index contributed by atoms with van der Waals surface area (Å²) in [5.74, 6) is -0.0856. The van der Waals surface area contributed by atoms with Gasteiger partial charge in [0.05, 0.1) is 0 Å². The van der Waals surface area contributed by atoms with Gasteiger partial charge in [-0.25, -0.2) is 4.98 Å². The van der Waals surface area contributed by atoms with Crippen LogP contribution in [0.3, 0.4) is 0 Å². The first-order chi connectivity index (χ1) is 10.3. The van der Waals surface area contributed by atoms with Crippen molar-refractivity contribution in [3.8, 4) is 10.6 Å². The van der Waals surface area contributed by atoms with E-state index in [1.807, 2.05) is 41.8 Å². The fraction of sp³-hybridized carbons (Fsp3) is 0.0625. The van der Waals surface area contributed by atoms with Gasteiger partial charge in [-0.1, -0.05) is 12.1 Å². The van der Waals surface area contributed by atoms with Gasteiger partial charge >= 0.3 is 0 Å². The Morgan fingerprint density at radius 3 is 2.48 bits per heavy atom. The lowest BCUT2D eigenvalue weighted by atomic mass is 10.1. The highest BCUT2D eigenvalue weighted by atomic mass is 32.1. The van der Waals surface area contributed by atoms with Crippen LogP contribution in [0.15, 0.2) is 60.4 Å². The highest BCUT2D eigenvalue weighted by Gasteiger charge is 2.06. The zero-order valence-electron chi connectivity index (χ0n) is 11.2. The second-order valence-corrected chi connectivity index (χ2v) is 5.35. The molecule has 1 amide bonds. The maximum absolute atomic E-state index is 12.1. The van der Waals surface area contributed by atoms with Gasteiger partial charge in [-0.3, -0.25) is 9.78 Å². The van der Waals surface area contributed by atoms with Crippen molar-refractivity contribution in [2.24, 2.45) is 0 Å². The Bertz CT molecular complexity index is 709. The SMILES string of the molecule is O=C(NCc1ccncc1)c1ccc(-c2nccs2)cc1. The number of amides is 1. The van der Waals surface area contributed by atoms with Gasteiger partial charge in [0, 0.05) is 41.6 Å². The van der Waals surface area contributed by atoms with E-state index in [2.05, 4.69) is 15.3 Å². The Kier molecular flexibility index (Phi) is 4.02. The largest absolute Gasteiger partial charge is 0.348 e. The first-order valence-corrected chi connectivity index (χ1v) is 7.38. The highest BCUT2D eigenvalue weighted by Crippen LogP contribution is 2.21. The molecule has 3 aromatic rings. The van der Waals surface area contributed by atoms with Crippen molar-refractivity contribution in [3.63, 3.8) is 0 Å². The van der Waals surface area contributed by atoms with Crippen LogP contribution in [0.4, 0.5) is 0 Å². The quantitative estimate of drug-likeness (QED) is 0.804. The lowest BCUT2D eigenvalue weighted by Gasteiger charge is -2.05. The summed E-state index contributed by atoms with van der Waals surface area (Å²) in [7, 11) is 0. The minimum Gasteiger partial charge on any atom is -0.348 e. The van der Waals surface area contributed by atoms with Gasteiger partial charge in [-0.2, -0.15) is 0 Å². The number of carbonyl (C=O) groups is 1. The monoisotopic (exact) mass is 295 g/mol. The van der Waals surface area contributed by atoms with Crippen LogP contribution in [-0.4, -0.2) is 15.9 Å². The Labute approximate surface area is 126 Å². The zero-order valence-corrected chi connectivity index (χ0v) is 12.0. The van der Waals surface area contributed by atoms with E-state index in [1.165, 1.54) is 0 Å². The Morgan fingerprint density at radius 1 is 1.05 bits per heavy atom. The van der Waals surface area contributed by atoms with Crippen molar-refractivity contribution in [3.05, 3.63) is 71.5 Å². The number of thiazole rings is 1. The van der Waals surface area contributed by atoms with Crippen molar-refractivity contribution in [1.29, 1.82) is 0 Å². The van der Waals surface area contributed by atoms with Crippen LogP contribution in [0, 0.1) is 0 Å². The molecule has 2 aromatic heterocycles. The molecule has 0 aliphatic rings. The predicted molar refractivity (Wildman–Crippen MR) is 83.0 cm³/mol. The zero-order chi connectivity index (χ0) is 14.5. The molecule has 0 fully saturated rings. The summed E-state index contributed by atoms with van der Waals surface area (Å²) in [4.78, 5) is 20.3. The predicted octanol–water partition coefficient (Wildman–Crippen LogP) is 3.14. The van der Waals surface area contributed by atoms with Crippen LogP contribution in [-0.2, 0) is 6.54 Å². The maximum Gasteiger partial charge on any atom is 0.251 e. The maximum atomic E-state index is 12.1. The third kappa shape index (κ3) is 3.32. The summed E-state index contributed by atoms with van der Waals surface area (Å²) in [5, 5.41) is 5.78. The van der Waals surface area contributed by atoms with Crippen molar-refractivity contribution in [1.82, 2.24) is 15.3 Å². The molecule has 3 rings (SSSR count). The molecule has 0 bridgehead atoms.